The Morgan fingerprint density at radius 1 is 1.10 bits per heavy atom. The molecular formula is C18H29NS. The molecule has 0 saturated heterocycles. The topological polar surface area (TPSA) is 12.0 Å². The smallest absolute Gasteiger partial charge is 0.0106 e. The Labute approximate surface area is 128 Å². The minimum atomic E-state index is 0.435. The highest BCUT2D eigenvalue weighted by molar-refractivity contribution is 7.99. The van der Waals surface area contributed by atoms with Crippen molar-refractivity contribution < 1.29 is 0 Å². The minimum absolute atomic E-state index is 0.435. The van der Waals surface area contributed by atoms with Crippen molar-refractivity contribution in [2.24, 2.45) is 11.3 Å². The van der Waals surface area contributed by atoms with E-state index in [1.807, 2.05) is 11.8 Å². The maximum absolute atomic E-state index is 3.83. The van der Waals surface area contributed by atoms with Crippen LogP contribution in [0.3, 0.4) is 0 Å². The van der Waals surface area contributed by atoms with Gasteiger partial charge in [0.15, 0.2) is 0 Å². The van der Waals surface area contributed by atoms with Crippen molar-refractivity contribution in [2.75, 3.05) is 12.3 Å². The van der Waals surface area contributed by atoms with Gasteiger partial charge in [0.1, 0.15) is 0 Å². The molecule has 2 atom stereocenters. The van der Waals surface area contributed by atoms with Crippen molar-refractivity contribution in [3.63, 3.8) is 0 Å². The van der Waals surface area contributed by atoms with Crippen LogP contribution >= 0.6 is 11.8 Å². The van der Waals surface area contributed by atoms with Crippen LogP contribution in [0.4, 0.5) is 0 Å². The molecule has 2 rings (SSSR count). The summed E-state index contributed by atoms with van der Waals surface area (Å²) in [6.45, 7) is 8.32. The predicted molar refractivity (Wildman–Crippen MR) is 90.4 cm³/mol. The largest absolute Gasteiger partial charge is 0.313 e. The van der Waals surface area contributed by atoms with E-state index in [9.17, 15) is 0 Å². The van der Waals surface area contributed by atoms with E-state index in [1.165, 1.54) is 30.6 Å². The van der Waals surface area contributed by atoms with Crippen LogP contribution < -0.4 is 5.32 Å². The fourth-order valence-electron chi connectivity index (χ4n) is 3.34. The van der Waals surface area contributed by atoms with Crippen LogP contribution in [0, 0.1) is 11.3 Å². The van der Waals surface area contributed by atoms with Gasteiger partial charge in [0.25, 0.3) is 0 Å². The van der Waals surface area contributed by atoms with Crippen LogP contribution in [0.1, 0.15) is 46.5 Å². The molecule has 1 aliphatic carbocycles. The third kappa shape index (κ3) is 4.82. The van der Waals surface area contributed by atoms with Crippen LogP contribution in [0.25, 0.3) is 0 Å². The molecule has 1 fully saturated rings. The maximum Gasteiger partial charge on any atom is 0.0106 e. The zero-order chi connectivity index (χ0) is 14.4. The van der Waals surface area contributed by atoms with Gasteiger partial charge in [-0.05, 0) is 36.3 Å². The fourth-order valence-corrected chi connectivity index (χ4v) is 4.15. The second-order valence-corrected chi connectivity index (χ2v) is 8.15. The van der Waals surface area contributed by atoms with E-state index in [2.05, 4.69) is 56.4 Å². The van der Waals surface area contributed by atoms with Crippen molar-refractivity contribution in [3.8, 4) is 0 Å². The molecule has 1 N–H and O–H groups in total. The summed E-state index contributed by atoms with van der Waals surface area (Å²) in [5.41, 5.74) is 0.435. The molecule has 0 aromatic heterocycles. The number of thioether (sulfide) groups is 1. The van der Waals surface area contributed by atoms with E-state index in [0.29, 0.717) is 5.41 Å². The molecule has 20 heavy (non-hydrogen) atoms. The molecule has 1 aromatic rings. The Balaban J connectivity index is 1.74. The molecule has 0 aliphatic heterocycles. The number of hydrogen-bond acceptors (Lipinski definition) is 2. The average molecular weight is 292 g/mol. The first-order chi connectivity index (χ1) is 9.57. The van der Waals surface area contributed by atoms with E-state index in [0.717, 1.165) is 24.3 Å². The van der Waals surface area contributed by atoms with E-state index in [4.69, 9.17) is 0 Å². The van der Waals surface area contributed by atoms with Crippen LogP contribution in [-0.2, 0) is 0 Å². The lowest BCUT2D eigenvalue weighted by Gasteiger charge is -2.41. The quantitative estimate of drug-likeness (QED) is 0.607. The SMILES string of the molecule is CC(C)(C)C1CCCCC1NCCSc1ccccc1. The molecule has 1 saturated carbocycles. The van der Waals surface area contributed by atoms with Crippen LogP contribution in [-0.4, -0.2) is 18.3 Å². The summed E-state index contributed by atoms with van der Waals surface area (Å²) < 4.78 is 0. The lowest BCUT2D eigenvalue weighted by Crippen LogP contribution is -2.44. The van der Waals surface area contributed by atoms with Crippen molar-refractivity contribution >= 4 is 11.8 Å². The third-order valence-electron chi connectivity index (χ3n) is 4.40. The first-order valence-corrected chi connectivity index (χ1v) is 8.97. The van der Waals surface area contributed by atoms with Gasteiger partial charge in [-0.2, -0.15) is 0 Å². The average Bonchev–Trinajstić information content (AvgIpc) is 2.44. The molecule has 2 unspecified atom stereocenters. The molecule has 0 heterocycles. The van der Waals surface area contributed by atoms with E-state index in [1.54, 1.807) is 0 Å². The first kappa shape index (κ1) is 15.9. The van der Waals surface area contributed by atoms with Gasteiger partial charge in [0.2, 0.25) is 0 Å². The molecule has 1 aromatic carbocycles. The zero-order valence-corrected chi connectivity index (χ0v) is 14.0. The molecule has 112 valence electrons. The van der Waals surface area contributed by atoms with Crippen molar-refractivity contribution in [1.29, 1.82) is 0 Å². The van der Waals surface area contributed by atoms with Gasteiger partial charge in [-0.25, -0.2) is 0 Å². The van der Waals surface area contributed by atoms with E-state index in [-0.39, 0.29) is 0 Å². The van der Waals surface area contributed by atoms with Crippen molar-refractivity contribution in [1.82, 2.24) is 5.32 Å². The minimum Gasteiger partial charge on any atom is -0.313 e. The molecule has 0 bridgehead atoms. The second kappa shape index (κ2) is 7.51. The maximum atomic E-state index is 3.83. The second-order valence-electron chi connectivity index (χ2n) is 6.98. The summed E-state index contributed by atoms with van der Waals surface area (Å²) in [6, 6.07) is 11.4. The van der Waals surface area contributed by atoms with E-state index >= 15 is 0 Å². The van der Waals surface area contributed by atoms with Gasteiger partial charge in [-0.3, -0.25) is 0 Å². The predicted octanol–water partition coefficient (Wildman–Crippen LogP) is 4.97. The highest BCUT2D eigenvalue weighted by atomic mass is 32.2. The van der Waals surface area contributed by atoms with Gasteiger partial charge in [-0.15, -0.1) is 11.8 Å². The van der Waals surface area contributed by atoms with Crippen molar-refractivity contribution in [2.45, 2.75) is 57.4 Å². The Morgan fingerprint density at radius 2 is 1.80 bits per heavy atom. The third-order valence-corrected chi connectivity index (χ3v) is 5.41. The van der Waals surface area contributed by atoms with Gasteiger partial charge < -0.3 is 5.32 Å². The standard InChI is InChI=1S/C18H29NS/c1-18(2,3)16-11-7-8-12-17(16)19-13-14-20-15-9-5-4-6-10-15/h4-6,9-10,16-17,19H,7-8,11-14H2,1-3H3. The lowest BCUT2D eigenvalue weighted by atomic mass is 9.69. The van der Waals surface area contributed by atoms with Crippen molar-refractivity contribution in [3.05, 3.63) is 30.3 Å². The number of rotatable bonds is 5. The number of hydrogen-bond donors (Lipinski definition) is 1. The molecule has 0 amide bonds. The van der Waals surface area contributed by atoms with Gasteiger partial charge in [0.05, 0.1) is 0 Å². The Morgan fingerprint density at radius 3 is 2.50 bits per heavy atom. The lowest BCUT2D eigenvalue weighted by molar-refractivity contribution is 0.132. The summed E-state index contributed by atoms with van der Waals surface area (Å²) in [5, 5.41) is 3.83. The normalized spacial score (nSPS) is 23.8. The summed E-state index contributed by atoms with van der Waals surface area (Å²) in [5.74, 6) is 2.00. The number of nitrogens with one attached hydrogen (secondary N) is 1. The van der Waals surface area contributed by atoms with Crippen LogP contribution in [0.2, 0.25) is 0 Å². The summed E-state index contributed by atoms with van der Waals surface area (Å²) >= 11 is 1.96. The Bertz CT molecular complexity index is 382. The summed E-state index contributed by atoms with van der Waals surface area (Å²) in [7, 11) is 0. The molecule has 2 heteroatoms. The Kier molecular flexibility index (Phi) is 5.98. The van der Waals surface area contributed by atoms with Crippen LogP contribution in [0.15, 0.2) is 35.2 Å². The zero-order valence-electron chi connectivity index (χ0n) is 13.2. The highest BCUT2D eigenvalue weighted by Crippen LogP contribution is 2.37. The summed E-state index contributed by atoms with van der Waals surface area (Å²) in [4.78, 5) is 1.38. The fraction of sp³-hybridized carbons (Fsp3) is 0.667. The van der Waals surface area contributed by atoms with Crippen LogP contribution in [0.5, 0.6) is 0 Å². The highest BCUT2D eigenvalue weighted by Gasteiger charge is 2.33. The van der Waals surface area contributed by atoms with E-state index < -0.39 is 0 Å². The molecule has 0 spiro atoms. The summed E-state index contributed by atoms with van der Waals surface area (Å²) in [6.07, 6.45) is 5.57. The monoisotopic (exact) mass is 291 g/mol. The van der Waals surface area contributed by atoms with Gasteiger partial charge in [0, 0.05) is 23.2 Å². The van der Waals surface area contributed by atoms with Gasteiger partial charge >= 0.3 is 0 Å². The molecule has 0 radical (unpaired) electrons. The number of benzene rings is 1. The Hall–Kier alpha value is -0.470. The molecule has 1 aliphatic rings. The molecule has 1 nitrogen and oxygen atoms in total. The van der Waals surface area contributed by atoms with Gasteiger partial charge in [-0.1, -0.05) is 51.8 Å². The first-order valence-electron chi connectivity index (χ1n) is 7.98. The molecular weight excluding hydrogens is 262 g/mol.